The quantitative estimate of drug-likeness (QED) is 0.557. The third-order valence-corrected chi connectivity index (χ3v) is 3.86. The van der Waals surface area contributed by atoms with Gasteiger partial charge in [0.1, 0.15) is 0 Å². The van der Waals surface area contributed by atoms with Crippen LogP contribution in [0.1, 0.15) is 29.6 Å². The number of carbonyl (C=O) groups excluding carboxylic acids is 2. The van der Waals surface area contributed by atoms with Crippen molar-refractivity contribution in [3.63, 3.8) is 0 Å². The standard InChI is InChI=1S/C17H25N3O2/c21-16(15-5-2-1-3-6-15)7-8-17(22)19-9-4-12-20-13-10-18-11-14-20/h1-3,5-6,18H,4,7-14H2,(H,19,22). The second kappa shape index (κ2) is 9.33. The molecule has 1 aliphatic rings. The number of ketones is 1. The van der Waals surface area contributed by atoms with Crippen molar-refractivity contribution in [3.05, 3.63) is 35.9 Å². The van der Waals surface area contributed by atoms with Crippen LogP contribution in [0.3, 0.4) is 0 Å². The Morgan fingerprint density at radius 3 is 2.55 bits per heavy atom. The number of nitrogens with one attached hydrogen (secondary N) is 2. The van der Waals surface area contributed by atoms with Gasteiger partial charge >= 0.3 is 0 Å². The number of carbonyl (C=O) groups is 2. The summed E-state index contributed by atoms with van der Waals surface area (Å²) >= 11 is 0. The summed E-state index contributed by atoms with van der Waals surface area (Å²) in [5.74, 6) is -0.0128. The van der Waals surface area contributed by atoms with Crippen LogP contribution in [0.25, 0.3) is 0 Å². The number of nitrogens with zero attached hydrogens (tertiary/aromatic N) is 1. The summed E-state index contributed by atoms with van der Waals surface area (Å²) in [7, 11) is 0. The lowest BCUT2D eigenvalue weighted by molar-refractivity contribution is -0.121. The van der Waals surface area contributed by atoms with E-state index in [0.29, 0.717) is 12.1 Å². The van der Waals surface area contributed by atoms with E-state index in [1.54, 1.807) is 12.1 Å². The average Bonchev–Trinajstić information content (AvgIpc) is 2.58. The first-order valence-electron chi connectivity index (χ1n) is 8.04. The average molecular weight is 303 g/mol. The minimum absolute atomic E-state index is 0.0246. The molecule has 5 nitrogen and oxygen atoms in total. The molecule has 2 N–H and O–H groups in total. The largest absolute Gasteiger partial charge is 0.356 e. The molecule has 1 heterocycles. The van der Waals surface area contributed by atoms with Gasteiger partial charge in [0, 0.05) is 51.1 Å². The highest BCUT2D eigenvalue weighted by molar-refractivity contribution is 5.97. The smallest absolute Gasteiger partial charge is 0.220 e. The van der Waals surface area contributed by atoms with Crippen molar-refractivity contribution in [2.45, 2.75) is 19.3 Å². The number of amides is 1. The van der Waals surface area contributed by atoms with Gasteiger partial charge in [-0.05, 0) is 13.0 Å². The van der Waals surface area contributed by atoms with Crippen molar-refractivity contribution >= 4 is 11.7 Å². The second-order valence-electron chi connectivity index (χ2n) is 5.58. The summed E-state index contributed by atoms with van der Waals surface area (Å²) in [4.78, 5) is 26.0. The molecule has 0 atom stereocenters. The summed E-state index contributed by atoms with van der Waals surface area (Å²) in [6.45, 7) is 5.97. The van der Waals surface area contributed by atoms with Gasteiger partial charge in [-0.15, -0.1) is 0 Å². The molecular formula is C17H25N3O2. The van der Waals surface area contributed by atoms with Crippen molar-refractivity contribution < 1.29 is 9.59 Å². The predicted molar refractivity (Wildman–Crippen MR) is 86.9 cm³/mol. The number of hydrogen-bond donors (Lipinski definition) is 2. The zero-order valence-corrected chi connectivity index (χ0v) is 13.0. The zero-order valence-electron chi connectivity index (χ0n) is 13.0. The second-order valence-corrected chi connectivity index (χ2v) is 5.58. The van der Waals surface area contributed by atoms with Crippen molar-refractivity contribution in [1.82, 2.24) is 15.5 Å². The third-order valence-electron chi connectivity index (χ3n) is 3.86. The van der Waals surface area contributed by atoms with Gasteiger partial charge in [-0.25, -0.2) is 0 Å². The molecule has 2 rings (SSSR count). The van der Waals surface area contributed by atoms with E-state index in [0.717, 1.165) is 39.1 Å². The van der Waals surface area contributed by atoms with E-state index in [1.807, 2.05) is 18.2 Å². The van der Waals surface area contributed by atoms with E-state index < -0.39 is 0 Å². The Morgan fingerprint density at radius 1 is 1.09 bits per heavy atom. The zero-order chi connectivity index (χ0) is 15.6. The Hall–Kier alpha value is -1.72. The molecule has 0 unspecified atom stereocenters. The van der Waals surface area contributed by atoms with Crippen LogP contribution < -0.4 is 10.6 Å². The first-order chi connectivity index (χ1) is 10.8. The first-order valence-corrected chi connectivity index (χ1v) is 8.04. The lowest BCUT2D eigenvalue weighted by atomic mass is 10.1. The molecule has 1 fully saturated rings. The maximum absolute atomic E-state index is 11.9. The van der Waals surface area contributed by atoms with E-state index in [9.17, 15) is 9.59 Å². The molecule has 0 saturated carbocycles. The molecule has 1 aromatic carbocycles. The predicted octanol–water partition coefficient (Wildman–Crippen LogP) is 1.06. The van der Waals surface area contributed by atoms with Crippen molar-refractivity contribution in [2.24, 2.45) is 0 Å². The highest BCUT2D eigenvalue weighted by atomic mass is 16.2. The normalized spacial score (nSPS) is 15.5. The van der Waals surface area contributed by atoms with Crippen LogP contribution >= 0.6 is 0 Å². The number of benzene rings is 1. The lowest BCUT2D eigenvalue weighted by Gasteiger charge is -2.27. The molecule has 1 aromatic rings. The first kappa shape index (κ1) is 16.6. The van der Waals surface area contributed by atoms with Crippen molar-refractivity contribution in [2.75, 3.05) is 39.3 Å². The molecule has 1 saturated heterocycles. The number of Topliss-reactive ketones (excluding diaryl/α,β-unsaturated/α-hetero) is 1. The Balaban J connectivity index is 1.55. The van der Waals surface area contributed by atoms with Gasteiger partial charge < -0.3 is 15.5 Å². The fourth-order valence-corrected chi connectivity index (χ4v) is 2.55. The van der Waals surface area contributed by atoms with E-state index in [2.05, 4.69) is 15.5 Å². The summed E-state index contributed by atoms with van der Waals surface area (Å²) in [5, 5.41) is 6.22. The third kappa shape index (κ3) is 5.95. The van der Waals surface area contributed by atoms with E-state index in [4.69, 9.17) is 0 Å². The van der Waals surface area contributed by atoms with Crippen LogP contribution in [0, 0.1) is 0 Å². The fraction of sp³-hybridized carbons (Fsp3) is 0.529. The van der Waals surface area contributed by atoms with Gasteiger partial charge in [-0.2, -0.15) is 0 Å². The van der Waals surface area contributed by atoms with Crippen LogP contribution in [0.4, 0.5) is 0 Å². The van der Waals surface area contributed by atoms with E-state index in [1.165, 1.54) is 0 Å². The Kier molecular flexibility index (Phi) is 7.06. The van der Waals surface area contributed by atoms with Gasteiger partial charge in [0.05, 0.1) is 0 Å². The molecule has 0 spiro atoms. The van der Waals surface area contributed by atoms with Crippen LogP contribution in [0.15, 0.2) is 30.3 Å². The molecule has 0 radical (unpaired) electrons. The van der Waals surface area contributed by atoms with E-state index in [-0.39, 0.29) is 24.5 Å². The van der Waals surface area contributed by atoms with Gasteiger partial charge in [-0.3, -0.25) is 9.59 Å². The Morgan fingerprint density at radius 2 is 1.82 bits per heavy atom. The van der Waals surface area contributed by atoms with Gasteiger partial charge in [0.15, 0.2) is 5.78 Å². The van der Waals surface area contributed by atoms with Gasteiger partial charge in [0.25, 0.3) is 0 Å². The maximum Gasteiger partial charge on any atom is 0.220 e. The summed E-state index contributed by atoms with van der Waals surface area (Å²) in [6.07, 6.45) is 1.49. The van der Waals surface area contributed by atoms with Crippen LogP contribution in [-0.2, 0) is 4.79 Å². The molecule has 120 valence electrons. The number of hydrogen-bond acceptors (Lipinski definition) is 4. The minimum Gasteiger partial charge on any atom is -0.356 e. The number of rotatable bonds is 8. The molecule has 22 heavy (non-hydrogen) atoms. The van der Waals surface area contributed by atoms with Gasteiger partial charge in [-0.1, -0.05) is 30.3 Å². The maximum atomic E-state index is 11.9. The van der Waals surface area contributed by atoms with E-state index >= 15 is 0 Å². The molecule has 0 aromatic heterocycles. The van der Waals surface area contributed by atoms with Crippen molar-refractivity contribution in [3.8, 4) is 0 Å². The SMILES string of the molecule is O=C(CCC(=O)c1ccccc1)NCCCN1CCNCC1. The molecule has 1 aliphatic heterocycles. The highest BCUT2D eigenvalue weighted by Gasteiger charge is 2.10. The molecule has 0 aliphatic carbocycles. The summed E-state index contributed by atoms with van der Waals surface area (Å²) in [6, 6.07) is 9.12. The minimum atomic E-state index is -0.0374. The summed E-state index contributed by atoms with van der Waals surface area (Å²) < 4.78 is 0. The monoisotopic (exact) mass is 303 g/mol. The molecule has 5 heteroatoms. The fourth-order valence-electron chi connectivity index (χ4n) is 2.55. The molecule has 1 amide bonds. The van der Waals surface area contributed by atoms with Crippen molar-refractivity contribution in [1.29, 1.82) is 0 Å². The Labute approximate surface area is 132 Å². The molecular weight excluding hydrogens is 278 g/mol. The number of piperazine rings is 1. The Bertz CT molecular complexity index is 470. The lowest BCUT2D eigenvalue weighted by Crippen LogP contribution is -2.44. The summed E-state index contributed by atoms with van der Waals surface area (Å²) in [5.41, 5.74) is 0.675. The molecule has 0 bridgehead atoms. The van der Waals surface area contributed by atoms with Crippen LogP contribution in [0.5, 0.6) is 0 Å². The van der Waals surface area contributed by atoms with Gasteiger partial charge in [0.2, 0.25) is 5.91 Å². The van der Waals surface area contributed by atoms with Crippen LogP contribution in [-0.4, -0.2) is 55.9 Å². The topological polar surface area (TPSA) is 61.4 Å². The van der Waals surface area contributed by atoms with Crippen LogP contribution in [0.2, 0.25) is 0 Å². The highest BCUT2D eigenvalue weighted by Crippen LogP contribution is 2.04.